The summed E-state index contributed by atoms with van der Waals surface area (Å²) in [5.74, 6) is -0.349. The van der Waals surface area contributed by atoms with Crippen molar-refractivity contribution in [1.29, 1.82) is 0 Å². The molecule has 0 aromatic heterocycles. The second-order valence-corrected chi connectivity index (χ2v) is 3.39. The monoisotopic (exact) mass is 257 g/mol. The van der Waals surface area contributed by atoms with E-state index in [-0.39, 0.29) is 35.4 Å². The fourth-order valence-corrected chi connectivity index (χ4v) is 0.479. The number of carbonyl (C=O) groups excluding carboxylic acids is 1. The van der Waals surface area contributed by atoms with E-state index in [4.69, 9.17) is 4.74 Å². The van der Waals surface area contributed by atoms with E-state index in [1.807, 2.05) is 21.1 Å². The molecule has 0 aliphatic rings. The van der Waals surface area contributed by atoms with Gasteiger partial charge in [-0.3, -0.25) is 0 Å². The molecule has 0 aliphatic heterocycles. The summed E-state index contributed by atoms with van der Waals surface area (Å²) in [5.41, 5.74) is 0. The number of ether oxygens (including phenoxy) is 1. The van der Waals surface area contributed by atoms with E-state index in [2.05, 4.69) is 6.58 Å². The Hall–Kier alpha value is -0.0205. The quantitative estimate of drug-likeness (QED) is 0.323. The zero-order chi connectivity index (χ0) is 8.91. The number of esters is 1. The molecule has 0 heterocycles. The minimum atomic E-state index is -0.349. The second kappa shape index (κ2) is 8.57. The number of hydrogen-bond acceptors (Lipinski definition) is 2. The number of hydrogen-bond donors (Lipinski definition) is 0. The van der Waals surface area contributed by atoms with Crippen LogP contribution >= 0.6 is 12.4 Å². The number of halogens is 1. The molecule has 0 saturated heterocycles. The number of likely N-dealkylation sites (N-methyl/N-ethyl adjacent to an activating group) is 1. The van der Waals surface area contributed by atoms with Crippen LogP contribution in [0.4, 0.5) is 0 Å². The normalized spacial score (nSPS) is 9.15. The molecule has 0 N–H and O–H groups in total. The number of rotatable bonds is 4. The van der Waals surface area contributed by atoms with Crippen LogP contribution in [0.1, 0.15) is 0 Å². The molecule has 0 aliphatic carbocycles. The molecular formula is C8H17ClCuNO2+. The van der Waals surface area contributed by atoms with Crippen LogP contribution in [-0.2, 0) is 26.6 Å². The first kappa shape index (κ1) is 18.7. The van der Waals surface area contributed by atoms with E-state index in [9.17, 15) is 4.79 Å². The van der Waals surface area contributed by atoms with E-state index in [1.54, 1.807) is 0 Å². The van der Waals surface area contributed by atoms with Gasteiger partial charge in [0, 0.05) is 23.1 Å². The summed E-state index contributed by atoms with van der Waals surface area (Å²) >= 11 is 0. The molecule has 0 amide bonds. The van der Waals surface area contributed by atoms with Crippen LogP contribution in [0.5, 0.6) is 0 Å². The van der Waals surface area contributed by atoms with Gasteiger partial charge in [0.25, 0.3) is 0 Å². The largest absolute Gasteiger partial charge is 0.457 e. The molecule has 0 aromatic carbocycles. The van der Waals surface area contributed by atoms with Crippen molar-refractivity contribution in [3.05, 3.63) is 12.7 Å². The molecule has 0 unspecified atom stereocenters. The third-order valence-corrected chi connectivity index (χ3v) is 1.17. The van der Waals surface area contributed by atoms with Crippen LogP contribution in [0, 0.1) is 0 Å². The van der Waals surface area contributed by atoms with E-state index in [0.717, 1.165) is 11.0 Å². The first-order chi connectivity index (χ1) is 4.95. The Balaban J connectivity index is -0.000000500. The van der Waals surface area contributed by atoms with Crippen molar-refractivity contribution < 1.29 is 31.1 Å². The van der Waals surface area contributed by atoms with Gasteiger partial charge in [-0.1, -0.05) is 6.58 Å². The molecule has 0 fully saturated rings. The Morgan fingerprint density at radius 3 is 2.23 bits per heavy atom. The first-order valence-corrected chi connectivity index (χ1v) is 3.55. The maximum atomic E-state index is 10.6. The smallest absolute Gasteiger partial charge is 0.330 e. The van der Waals surface area contributed by atoms with Crippen LogP contribution in [0.25, 0.3) is 0 Å². The summed E-state index contributed by atoms with van der Waals surface area (Å²) in [4.78, 5) is 10.6. The standard InChI is InChI=1S/C8H16NO2.ClH.Cu/c1-5-8(10)11-7-6-9(2,3)4;;/h5H,1,6-7H2,2-4H3;1H;/q+1;;. The second-order valence-electron chi connectivity index (χ2n) is 3.39. The van der Waals surface area contributed by atoms with Gasteiger partial charge in [-0.15, -0.1) is 12.4 Å². The van der Waals surface area contributed by atoms with Crippen molar-refractivity contribution in [2.75, 3.05) is 34.3 Å². The fraction of sp³-hybridized carbons (Fsp3) is 0.625. The van der Waals surface area contributed by atoms with E-state index in [1.165, 1.54) is 6.08 Å². The van der Waals surface area contributed by atoms with Gasteiger partial charge in [-0.05, 0) is 0 Å². The summed E-state index contributed by atoms with van der Waals surface area (Å²) in [6, 6.07) is 0. The topological polar surface area (TPSA) is 26.3 Å². The van der Waals surface area contributed by atoms with Gasteiger partial charge in [0.15, 0.2) is 0 Å². The molecule has 0 aromatic rings. The molecule has 0 spiro atoms. The van der Waals surface area contributed by atoms with Gasteiger partial charge in [-0.2, -0.15) is 0 Å². The van der Waals surface area contributed by atoms with Crippen LogP contribution in [-0.4, -0.2) is 44.7 Å². The Bertz CT molecular complexity index is 157. The van der Waals surface area contributed by atoms with E-state index < -0.39 is 0 Å². The first-order valence-electron chi connectivity index (χ1n) is 3.55. The summed E-state index contributed by atoms with van der Waals surface area (Å²) in [5, 5.41) is 0. The Morgan fingerprint density at radius 2 is 1.92 bits per heavy atom. The molecule has 5 heteroatoms. The predicted molar refractivity (Wildman–Crippen MR) is 51.3 cm³/mol. The van der Waals surface area contributed by atoms with Gasteiger partial charge >= 0.3 is 5.97 Å². The van der Waals surface area contributed by atoms with Crippen LogP contribution in [0.15, 0.2) is 12.7 Å². The zero-order valence-corrected chi connectivity index (χ0v) is 9.93. The molecule has 0 atom stereocenters. The van der Waals surface area contributed by atoms with E-state index >= 15 is 0 Å². The van der Waals surface area contributed by atoms with Crippen molar-refractivity contribution in [3.8, 4) is 0 Å². The van der Waals surface area contributed by atoms with Crippen LogP contribution in [0.3, 0.4) is 0 Å². The summed E-state index contributed by atoms with van der Waals surface area (Å²) < 4.78 is 5.59. The van der Waals surface area contributed by atoms with E-state index in [0.29, 0.717) is 6.61 Å². The van der Waals surface area contributed by atoms with Crippen LogP contribution < -0.4 is 0 Å². The minimum Gasteiger partial charge on any atom is -0.457 e. The predicted octanol–water partition coefficient (Wildman–Crippen LogP) is 0.841. The molecule has 1 radical (unpaired) electrons. The Morgan fingerprint density at radius 1 is 1.46 bits per heavy atom. The molecule has 83 valence electrons. The fourth-order valence-electron chi connectivity index (χ4n) is 0.479. The summed E-state index contributed by atoms with van der Waals surface area (Å²) in [6.45, 7) is 4.57. The number of nitrogens with zero attached hydrogens (tertiary/aromatic N) is 1. The average molecular weight is 258 g/mol. The SMILES string of the molecule is C=CC(=O)OCC[N+](C)(C)C.Cl.[Cu]. The van der Waals surface area contributed by atoms with Crippen molar-refractivity contribution >= 4 is 18.4 Å². The van der Waals surface area contributed by atoms with Crippen molar-refractivity contribution in [3.63, 3.8) is 0 Å². The van der Waals surface area contributed by atoms with Gasteiger partial charge < -0.3 is 9.22 Å². The van der Waals surface area contributed by atoms with Crippen molar-refractivity contribution in [1.82, 2.24) is 0 Å². The Kier molecular flexibility index (Phi) is 12.3. The molecular weight excluding hydrogens is 241 g/mol. The Labute approximate surface area is 96.6 Å². The summed E-state index contributed by atoms with van der Waals surface area (Å²) in [7, 11) is 6.13. The van der Waals surface area contributed by atoms with Gasteiger partial charge in [0.1, 0.15) is 13.2 Å². The van der Waals surface area contributed by atoms with Gasteiger partial charge in [0.05, 0.1) is 21.1 Å². The van der Waals surface area contributed by atoms with Gasteiger partial charge in [0.2, 0.25) is 0 Å². The number of carbonyl (C=O) groups is 1. The average Bonchev–Trinajstić information content (AvgIpc) is 1.85. The maximum Gasteiger partial charge on any atom is 0.330 e. The molecule has 3 nitrogen and oxygen atoms in total. The molecule has 13 heavy (non-hydrogen) atoms. The minimum absolute atomic E-state index is 0. The van der Waals surface area contributed by atoms with Gasteiger partial charge in [-0.25, -0.2) is 4.79 Å². The molecule has 0 saturated carbocycles. The van der Waals surface area contributed by atoms with Crippen molar-refractivity contribution in [2.45, 2.75) is 0 Å². The molecule has 0 bridgehead atoms. The number of quaternary nitrogens is 1. The zero-order valence-electron chi connectivity index (χ0n) is 8.17. The van der Waals surface area contributed by atoms with Crippen LogP contribution in [0.2, 0.25) is 0 Å². The molecule has 0 rings (SSSR count). The third kappa shape index (κ3) is 14.8. The van der Waals surface area contributed by atoms with Crippen molar-refractivity contribution in [2.24, 2.45) is 0 Å². The summed E-state index contributed by atoms with van der Waals surface area (Å²) in [6.07, 6.45) is 1.18. The maximum absolute atomic E-state index is 10.6. The third-order valence-electron chi connectivity index (χ3n) is 1.17.